The minimum atomic E-state index is -0.887. The number of esters is 1. The van der Waals surface area contributed by atoms with Crippen LogP contribution in [0.15, 0.2) is 48.0 Å². The molecule has 0 radical (unpaired) electrons. The molecule has 1 unspecified atom stereocenters. The molecule has 1 aliphatic rings. The Morgan fingerprint density at radius 2 is 1.67 bits per heavy atom. The van der Waals surface area contributed by atoms with E-state index in [4.69, 9.17) is 18.9 Å². The molecule has 0 aromatic heterocycles. The molecule has 174 valence electrons. The van der Waals surface area contributed by atoms with Crippen molar-refractivity contribution in [2.45, 2.75) is 13.0 Å². The lowest BCUT2D eigenvalue weighted by Crippen LogP contribution is -2.32. The van der Waals surface area contributed by atoms with Gasteiger partial charge >= 0.3 is 5.97 Å². The van der Waals surface area contributed by atoms with Crippen molar-refractivity contribution in [3.05, 3.63) is 59.2 Å². The Kier molecular flexibility index (Phi) is 7.34. The number of methoxy groups -OCH3 is 3. The Bertz CT molecular complexity index is 1090. The third-order valence-corrected chi connectivity index (χ3v) is 5.20. The number of carbonyl (C=O) groups excluding carboxylic acids is 3. The van der Waals surface area contributed by atoms with Gasteiger partial charge in [-0.3, -0.25) is 14.4 Å². The van der Waals surface area contributed by atoms with Gasteiger partial charge in [-0.1, -0.05) is 12.1 Å². The van der Waals surface area contributed by atoms with Crippen LogP contribution in [-0.2, 0) is 19.1 Å². The van der Waals surface area contributed by atoms with Crippen LogP contribution in [0.2, 0.25) is 0 Å². The first kappa shape index (κ1) is 23.8. The fourth-order valence-electron chi connectivity index (χ4n) is 3.68. The molecule has 3 rings (SSSR count). The molecule has 9 nitrogen and oxygen atoms in total. The van der Waals surface area contributed by atoms with Gasteiger partial charge in [-0.25, -0.2) is 0 Å². The van der Waals surface area contributed by atoms with Gasteiger partial charge in [0.1, 0.15) is 23.0 Å². The second kappa shape index (κ2) is 10.2. The number of hydrogen-bond acceptors (Lipinski definition) is 8. The first-order valence-electron chi connectivity index (χ1n) is 10.1. The van der Waals surface area contributed by atoms with Gasteiger partial charge in [-0.05, 0) is 35.9 Å². The fraction of sp³-hybridized carbons (Fsp3) is 0.292. The molecule has 1 aliphatic heterocycles. The van der Waals surface area contributed by atoms with E-state index < -0.39 is 29.5 Å². The minimum Gasteiger partial charge on any atom is -0.507 e. The predicted octanol–water partition coefficient (Wildman–Crippen LogP) is 2.70. The molecule has 0 bridgehead atoms. The molecule has 1 atom stereocenters. The van der Waals surface area contributed by atoms with Crippen molar-refractivity contribution in [3.63, 3.8) is 0 Å². The maximum absolute atomic E-state index is 13.1. The van der Waals surface area contributed by atoms with E-state index in [1.165, 1.54) is 39.2 Å². The molecule has 1 N–H and O–H groups in total. The highest BCUT2D eigenvalue weighted by Gasteiger charge is 2.46. The van der Waals surface area contributed by atoms with Crippen molar-refractivity contribution in [1.29, 1.82) is 0 Å². The SMILES string of the molecule is COCCN1C(=O)C(=O)/C(=C(/O)c2cc(OC)ccc2OC)C1c1ccc(OC(C)=O)cc1. The summed E-state index contributed by atoms with van der Waals surface area (Å²) in [4.78, 5) is 38.5. The molecule has 9 heteroatoms. The van der Waals surface area contributed by atoms with Crippen LogP contribution in [0.1, 0.15) is 24.1 Å². The summed E-state index contributed by atoms with van der Waals surface area (Å²) in [5, 5.41) is 11.2. The van der Waals surface area contributed by atoms with E-state index in [9.17, 15) is 19.5 Å². The number of ketones is 1. The van der Waals surface area contributed by atoms with Gasteiger partial charge in [0.05, 0.1) is 38.0 Å². The zero-order valence-electron chi connectivity index (χ0n) is 18.8. The Balaban J connectivity index is 2.18. The van der Waals surface area contributed by atoms with Crippen LogP contribution in [0.3, 0.4) is 0 Å². The largest absolute Gasteiger partial charge is 0.507 e. The number of nitrogens with zero attached hydrogens (tertiary/aromatic N) is 1. The van der Waals surface area contributed by atoms with E-state index in [1.54, 1.807) is 36.4 Å². The number of likely N-dealkylation sites (tertiary alicyclic amines) is 1. The van der Waals surface area contributed by atoms with Gasteiger partial charge in [0, 0.05) is 20.6 Å². The maximum atomic E-state index is 13.1. The summed E-state index contributed by atoms with van der Waals surface area (Å²) in [5.74, 6) is -1.40. The van der Waals surface area contributed by atoms with Gasteiger partial charge in [0.15, 0.2) is 0 Å². The van der Waals surface area contributed by atoms with Crippen LogP contribution < -0.4 is 14.2 Å². The number of aliphatic hydroxyl groups is 1. The third kappa shape index (κ3) is 4.83. The van der Waals surface area contributed by atoms with Crippen LogP contribution in [0.5, 0.6) is 17.2 Å². The van der Waals surface area contributed by atoms with Crippen LogP contribution >= 0.6 is 0 Å². The van der Waals surface area contributed by atoms with Gasteiger partial charge in [-0.15, -0.1) is 0 Å². The lowest BCUT2D eigenvalue weighted by molar-refractivity contribution is -0.140. The van der Waals surface area contributed by atoms with Gasteiger partial charge < -0.3 is 29.0 Å². The van der Waals surface area contributed by atoms with Crippen molar-refractivity contribution in [1.82, 2.24) is 4.90 Å². The van der Waals surface area contributed by atoms with Crippen molar-refractivity contribution in [2.24, 2.45) is 0 Å². The Labute approximate surface area is 191 Å². The molecular formula is C24H25NO8. The summed E-state index contributed by atoms with van der Waals surface area (Å²) in [5.41, 5.74) is 0.663. The summed E-state index contributed by atoms with van der Waals surface area (Å²) in [6, 6.07) is 10.3. The van der Waals surface area contributed by atoms with E-state index in [0.717, 1.165) is 0 Å². The van der Waals surface area contributed by atoms with Crippen LogP contribution in [-0.4, -0.2) is 62.1 Å². The molecule has 0 aliphatic carbocycles. The smallest absolute Gasteiger partial charge is 0.308 e. The van der Waals surface area contributed by atoms with Crippen LogP contribution in [0.4, 0.5) is 0 Å². The van der Waals surface area contributed by atoms with Crippen LogP contribution in [0.25, 0.3) is 5.76 Å². The Hall–Kier alpha value is -3.85. The molecular weight excluding hydrogens is 430 g/mol. The number of rotatable bonds is 8. The lowest BCUT2D eigenvalue weighted by Gasteiger charge is -2.25. The minimum absolute atomic E-state index is 0.0945. The first-order chi connectivity index (χ1) is 15.8. The number of carbonyl (C=O) groups is 3. The topological polar surface area (TPSA) is 112 Å². The number of ether oxygens (including phenoxy) is 4. The monoisotopic (exact) mass is 455 g/mol. The normalized spacial score (nSPS) is 17.2. The molecule has 1 amide bonds. The average Bonchev–Trinajstić information content (AvgIpc) is 3.06. The van der Waals surface area contributed by atoms with Gasteiger partial charge in [0.25, 0.3) is 11.7 Å². The Morgan fingerprint density at radius 3 is 2.24 bits per heavy atom. The molecule has 0 spiro atoms. The Morgan fingerprint density at radius 1 is 1.00 bits per heavy atom. The van der Waals surface area contributed by atoms with Crippen molar-refractivity contribution < 1.29 is 38.4 Å². The van der Waals surface area contributed by atoms with Crippen molar-refractivity contribution in [2.75, 3.05) is 34.5 Å². The molecule has 1 saturated heterocycles. The van der Waals surface area contributed by atoms with Crippen molar-refractivity contribution in [3.8, 4) is 17.2 Å². The summed E-state index contributed by atoms with van der Waals surface area (Å²) >= 11 is 0. The molecule has 2 aromatic carbocycles. The summed E-state index contributed by atoms with van der Waals surface area (Å²) in [7, 11) is 4.39. The first-order valence-corrected chi connectivity index (χ1v) is 10.1. The van der Waals surface area contributed by atoms with E-state index in [-0.39, 0.29) is 24.3 Å². The maximum Gasteiger partial charge on any atom is 0.308 e. The highest BCUT2D eigenvalue weighted by molar-refractivity contribution is 6.46. The van der Waals surface area contributed by atoms with E-state index >= 15 is 0 Å². The molecule has 1 fully saturated rings. The summed E-state index contributed by atoms with van der Waals surface area (Å²) in [6.45, 7) is 1.61. The second-order valence-corrected chi connectivity index (χ2v) is 7.21. The van der Waals surface area contributed by atoms with E-state index in [2.05, 4.69) is 0 Å². The predicted molar refractivity (Wildman–Crippen MR) is 118 cm³/mol. The third-order valence-electron chi connectivity index (χ3n) is 5.20. The number of benzene rings is 2. The van der Waals surface area contributed by atoms with E-state index in [0.29, 0.717) is 22.8 Å². The highest BCUT2D eigenvalue weighted by atomic mass is 16.5. The fourth-order valence-corrected chi connectivity index (χ4v) is 3.68. The average molecular weight is 455 g/mol. The molecule has 0 saturated carbocycles. The molecule has 2 aromatic rings. The number of Topliss-reactive ketones (excluding diaryl/α,β-unsaturated/α-hetero) is 1. The van der Waals surface area contributed by atoms with Gasteiger partial charge in [-0.2, -0.15) is 0 Å². The summed E-state index contributed by atoms with van der Waals surface area (Å²) in [6.07, 6.45) is 0. The molecule has 33 heavy (non-hydrogen) atoms. The number of aliphatic hydroxyl groups excluding tert-OH is 1. The lowest BCUT2D eigenvalue weighted by atomic mass is 9.95. The van der Waals surface area contributed by atoms with Crippen molar-refractivity contribution >= 4 is 23.4 Å². The highest BCUT2D eigenvalue weighted by Crippen LogP contribution is 2.41. The zero-order valence-corrected chi connectivity index (χ0v) is 18.8. The zero-order chi connectivity index (χ0) is 24.1. The van der Waals surface area contributed by atoms with Gasteiger partial charge in [0.2, 0.25) is 0 Å². The number of hydrogen-bond donors (Lipinski definition) is 1. The quantitative estimate of drug-likeness (QED) is 0.213. The molecule has 1 heterocycles. The number of amides is 1. The van der Waals surface area contributed by atoms with Crippen LogP contribution in [0, 0.1) is 0 Å². The summed E-state index contributed by atoms with van der Waals surface area (Å²) < 4.78 is 20.8. The standard InChI is InChI=1S/C24H25NO8/c1-14(26)33-16-7-5-15(6-8-16)21-20(23(28)24(29)25(21)11-12-30-2)22(27)18-13-17(31-3)9-10-19(18)32-4/h5-10,13,21,27H,11-12H2,1-4H3/b22-20+. The van der Waals surface area contributed by atoms with E-state index in [1.807, 2.05) is 0 Å². The second-order valence-electron chi connectivity index (χ2n) is 7.21.